The molecular formula is C21H25N5O4. The van der Waals surface area contributed by atoms with Gasteiger partial charge in [0.1, 0.15) is 6.54 Å². The number of ether oxygens (including phenoxy) is 1. The van der Waals surface area contributed by atoms with Crippen molar-refractivity contribution >= 4 is 28.8 Å². The molecule has 1 aliphatic rings. The number of carbonyl (C=O) groups is 1. The van der Waals surface area contributed by atoms with Crippen LogP contribution in [0.4, 0.5) is 11.6 Å². The van der Waals surface area contributed by atoms with E-state index in [1.54, 1.807) is 14.0 Å². The first-order valence-electron chi connectivity index (χ1n) is 10.1. The zero-order valence-electron chi connectivity index (χ0n) is 17.4. The average molecular weight is 411 g/mol. The van der Waals surface area contributed by atoms with Gasteiger partial charge in [0, 0.05) is 25.8 Å². The Morgan fingerprint density at radius 2 is 1.83 bits per heavy atom. The smallest absolute Gasteiger partial charge is 0.333 e. The van der Waals surface area contributed by atoms with Crippen LogP contribution in [0, 0.1) is 6.92 Å². The molecule has 158 valence electrons. The highest BCUT2D eigenvalue weighted by Crippen LogP contribution is 2.30. The van der Waals surface area contributed by atoms with E-state index in [0.29, 0.717) is 23.7 Å². The molecule has 0 saturated heterocycles. The van der Waals surface area contributed by atoms with Gasteiger partial charge in [0.25, 0.3) is 5.56 Å². The van der Waals surface area contributed by atoms with E-state index >= 15 is 0 Å². The van der Waals surface area contributed by atoms with Crippen molar-refractivity contribution in [3.8, 4) is 0 Å². The molecule has 9 nitrogen and oxygen atoms in total. The number of carbonyl (C=O) groups excluding carboxylic acids is 1. The van der Waals surface area contributed by atoms with Gasteiger partial charge >= 0.3 is 11.7 Å². The van der Waals surface area contributed by atoms with Crippen LogP contribution in [0.2, 0.25) is 0 Å². The lowest BCUT2D eigenvalue weighted by Crippen LogP contribution is -2.41. The van der Waals surface area contributed by atoms with Crippen molar-refractivity contribution < 1.29 is 9.53 Å². The second kappa shape index (κ2) is 7.81. The number of rotatable bonds is 4. The summed E-state index contributed by atoms with van der Waals surface area (Å²) >= 11 is 0. The fourth-order valence-electron chi connectivity index (χ4n) is 3.86. The predicted octanol–water partition coefficient (Wildman–Crippen LogP) is 1.70. The minimum absolute atomic E-state index is 0.184. The summed E-state index contributed by atoms with van der Waals surface area (Å²) in [4.78, 5) is 44.7. The molecule has 0 N–H and O–H groups in total. The van der Waals surface area contributed by atoms with Crippen LogP contribution in [-0.2, 0) is 29.7 Å². The average Bonchev–Trinajstić information content (AvgIpc) is 2.98. The molecule has 0 radical (unpaired) electrons. The van der Waals surface area contributed by atoms with Crippen LogP contribution in [0.5, 0.6) is 0 Å². The molecule has 0 unspecified atom stereocenters. The van der Waals surface area contributed by atoms with Crippen molar-refractivity contribution in [3.63, 3.8) is 0 Å². The molecule has 0 saturated carbocycles. The lowest BCUT2D eigenvalue weighted by molar-refractivity contribution is -0.143. The molecule has 0 fully saturated rings. The molecule has 0 amide bonds. The first-order valence-corrected chi connectivity index (χ1v) is 10.1. The summed E-state index contributed by atoms with van der Waals surface area (Å²) in [6, 6.07) is 8.13. The Balaban J connectivity index is 1.92. The van der Waals surface area contributed by atoms with Gasteiger partial charge in [-0.3, -0.25) is 14.2 Å². The monoisotopic (exact) mass is 411 g/mol. The number of aryl methyl sites for hydroxylation is 3. The number of imidazole rings is 1. The highest BCUT2D eigenvalue weighted by atomic mass is 16.5. The van der Waals surface area contributed by atoms with Gasteiger partial charge in [0.15, 0.2) is 11.2 Å². The fourth-order valence-corrected chi connectivity index (χ4v) is 3.86. The van der Waals surface area contributed by atoms with Crippen molar-refractivity contribution in [2.24, 2.45) is 7.05 Å². The van der Waals surface area contributed by atoms with Gasteiger partial charge in [-0.25, -0.2) is 9.36 Å². The summed E-state index contributed by atoms with van der Waals surface area (Å²) in [5.74, 6) is 0.0141. The number of fused-ring (bicyclic) bond motifs is 3. The maximum atomic E-state index is 13.2. The van der Waals surface area contributed by atoms with E-state index in [1.807, 2.05) is 35.8 Å². The Morgan fingerprint density at radius 3 is 2.53 bits per heavy atom. The molecule has 2 aromatic heterocycles. The van der Waals surface area contributed by atoms with Crippen molar-refractivity contribution in [3.05, 3.63) is 50.7 Å². The third-order valence-corrected chi connectivity index (χ3v) is 5.41. The molecule has 0 atom stereocenters. The number of esters is 1. The number of hydrogen-bond acceptors (Lipinski definition) is 6. The molecular weight excluding hydrogens is 386 g/mol. The molecule has 4 rings (SSSR count). The lowest BCUT2D eigenvalue weighted by atomic mass is 10.2. The number of hydrogen-bond donors (Lipinski definition) is 0. The lowest BCUT2D eigenvalue weighted by Gasteiger charge is -2.22. The van der Waals surface area contributed by atoms with E-state index in [0.717, 1.165) is 35.2 Å². The van der Waals surface area contributed by atoms with Crippen LogP contribution in [0.25, 0.3) is 11.2 Å². The van der Waals surface area contributed by atoms with Crippen molar-refractivity contribution in [2.75, 3.05) is 18.1 Å². The normalized spacial score (nSPS) is 13.9. The quantitative estimate of drug-likeness (QED) is 0.607. The Hall–Kier alpha value is -3.36. The SMILES string of the molecule is CCOC(=O)Cn1c(=O)c2c(nc3n2CCCCN3c2ccc(C)cc2)n(C)c1=O. The van der Waals surface area contributed by atoms with Crippen LogP contribution in [0.3, 0.4) is 0 Å². The van der Waals surface area contributed by atoms with Gasteiger partial charge in [-0.1, -0.05) is 17.7 Å². The zero-order chi connectivity index (χ0) is 21.4. The summed E-state index contributed by atoms with van der Waals surface area (Å²) in [6.45, 7) is 4.85. The van der Waals surface area contributed by atoms with Crippen LogP contribution in [0.1, 0.15) is 25.3 Å². The summed E-state index contributed by atoms with van der Waals surface area (Å²) in [7, 11) is 1.56. The molecule has 0 spiro atoms. The van der Waals surface area contributed by atoms with Gasteiger partial charge in [-0.05, 0) is 38.8 Å². The minimum atomic E-state index is -0.618. The van der Waals surface area contributed by atoms with E-state index < -0.39 is 23.8 Å². The van der Waals surface area contributed by atoms with E-state index in [2.05, 4.69) is 4.90 Å². The van der Waals surface area contributed by atoms with Crippen molar-refractivity contribution in [1.29, 1.82) is 0 Å². The number of benzene rings is 1. The van der Waals surface area contributed by atoms with Gasteiger partial charge < -0.3 is 14.2 Å². The van der Waals surface area contributed by atoms with Gasteiger partial charge in [0.2, 0.25) is 5.95 Å². The zero-order valence-corrected chi connectivity index (χ0v) is 17.4. The second-order valence-corrected chi connectivity index (χ2v) is 7.47. The fraction of sp³-hybridized carbons (Fsp3) is 0.429. The summed E-state index contributed by atoms with van der Waals surface area (Å²) < 4.78 is 9.05. The molecule has 1 aliphatic heterocycles. The number of nitrogens with zero attached hydrogens (tertiary/aromatic N) is 5. The summed E-state index contributed by atoms with van der Waals surface area (Å²) in [5.41, 5.74) is 1.68. The highest BCUT2D eigenvalue weighted by molar-refractivity contribution is 5.77. The molecule has 30 heavy (non-hydrogen) atoms. The Bertz CT molecular complexity index is 1220. The molecule has 9 heteroatoms. The second-order valence-electron chi connectivity index (χ2n) is 7.47. The predicted molar refractivity (Wildman–Crippen MR) is 113 cm³/mol. The first-order chi connectivity index (χ1) is 14.4. The Kier molecular flexibility index (Phi) is 5.19. The van der Waals surface area contributed by atoms with Crippen LogP contribution in [0.15, 0.2) is 33.9 Å². The van der Waals surface area contributed by atoms with Gasteiger partial charge in [-0.15, -0.1) is 0 Å². The number of aromatic nitrogens is 4. The molecule has 1 aromatic carbocycles. The van der Waals surface area contributed by atoms with E-state index in [4.69, 9.17) is 9.72 Å². The van der Waals surface area contributed by atoms with Crippen molar-refractivity contribution in [2.45, 2.75) is 39.8 Å². The van der Waals surface area contributed by atoms with Gasteiger partial charge in [-0.2, -0.15) is 4.98 Å². The molecule has 3 aromatic rings. The van der Waals surface area contributed by atoms with Gasteiger partial charge in [0.05, 0.1) is 6.61 Å². The van der Waals surface area contributed by atoms with E-state index in [9.17, 15) is 14.4 Å². The summed E-state index contributed by atoms with van der Waals surface area (Å²) in [5, 5.41) is 0. The van der Waals surface area contributed by atoms with Crippen LogP contribution in [-0.4, -0.2) is 37.8 Å². The molecule has 3 heterocycles. The van der Waals surface area contributed by atoms with E-state index in [1.165, 1.54) is 4.57 Å². The standard InChI is InChI=1S/C21H25N5O4/c1-4-30-16(27)13-26-19(28)17-18(23(3)21(26)29)22-20-24(11-5-6-12-25(17)20)15-9-7-14(2)8-10-15/h7-10H,4-6,11-13H2,1-3H3. The molecule has 0 aliphatic carbocycles. The van der Waals surface area contributed by atoms with Crippen LogP contribution < -0.4 is 16.1 Å². The maximum Gasteiger partial charge on any atom is 0.333 e. The largest absolute Gasteiger partial charge is 0.465 e. The highest BCUT2D eigenvalue weighted by Gasteiger charge is 2.26. The minimum Gasteiger partial charge on any atom is -0.465 e. The molecule has 0 bridgehead atoms. The van der Waals surface area contributed by atoms with Crippen molar-refractivity contribution in [1.82, 2.24) is 18.7 Å². The first kappa shape index (κ1) is 19.9. The van der Waals surface area contributed by atoms with E-state index in [-0.39, 0.29) is 6.61 Å². The number of anilines is 2. The maximum absolute atomic E-state index is 13.2. The Morgan fingerprint density at radius 1 is 1.13 bits per heavy atom. The summed E-state index contributed by atoms with van der Waals surface area (Å²) in [6.07, 6.45) is 1.82. The Labute approximate surface area is 173 Å². The topological polar surface area (TPSA) is 91.4 Å². The third-order valence-electron chi connectivity index (χ3n) is 5.41. The third kappa shape index (κ3) is 3.30. The van der Waals surface area contributed by atoms with Crippen LogP contribution >= 0.6 is 0 Å².